The van der Waals surface area contributed by atoms with Crippen LogP contribution in [0.5, 0.6) is 0 Å². The van der Waals surface area contributed by atoms with E-state index in [9.17, 15) is 9.18 Å². The minimum atomic E-state index is -0.663. The van der Waals surface area contributed by atoms with Crippen molar-refractivity contribution in [1.29, 1.82) is 5.26 Å². The van der Waals surface area contributed by atoms with E-state index >= 15 is 0 Å². The van der Waals surface area contributed by atoms with Crippen LogP contribution in [0.4, 0.5) is 4.39 Å². The molecule has 18 heavy (non-hydrogen) atoms. The Hall–Kier alpha value is -1.89. The first-order valence-corrected chi connectivity index (χ1v) is 6.04. The summed E-state index contributed by atoms with van der Waals surface area (Å²) in [5, 5.41) is 11.6. The molecule has 0 radical (unpaired) electrons. The van der Waals surface area contributed by atoms with Crippen molar-refractivity contribution in [3.63, 3.8) is 0 Å². The fourth-order valence-corrected chi connectivity index (χ4v) is 1.76. The van der Waals surface area contributed by atoms with Gasteiger partial charge in [0.1, 0.15) is 11.7 Å². The Labute approximate surface area is 107 Å². The van der Waals surface area contributed by atoms with Crippen LogP contribution < -0.4 is 5.32 Å². The van der Waals surface area contributed by atoms with Crippen LogP contribution in [0.2, 0.25) is 0 Å². The third-order valence-corrected chi connectivity index (χ3v) is 2.78. The van der Waals surface area contributed by atoms with Crippen LogP contribution in [0.15, 0.2) is 24.3 Å². The highest BCUT2D eigenvalue weighted by atomic mass is 19.1. The Morgan fingerprint density at radius 1 is 1.50 bits per heavy atom. The zero-order valence-corrected chi connectivity index (χ0v) is 10.6. The Morgan fingerprint density at radius 3 is 2.72 bits per heavy atom. The van der Waals surface area contributed by atoms with Crippen LogP contribution in [0.25, 0.3) is 0 Å². The summed E-state index contributed by atoms with van der Waals surface area (Å²) in [5.74, 6) is -1.35. The molecule has 0 aliphatic carbocycles. The van der Waals surface area contributed by atoms with Crippen molar-refractivity contribution in [3.8, 4) is 6.07 Å². The van der Waals surface area contributed by atoms with Crippen molar-refractivity contribution >= 4 is 5.91 Å². The fourth-order valence-electron chi connectivity index (χ4n) is 1.76. The van der Waals surface area contributed by atoms with Gasteiger partial charge in [0.2, 0.25) is 5.91 Å². The smallest absolute Gasteiger partial charge is 0.237 e. The van der Waals surface area contributed by atoms with E-state index in [1.807, 2.05) is 13.0 Å². The van der Waals surface area contributed by atoms with Gasteiger partial charge < -0.3 is 5.32 Å². The lowest BCUT2D eigenvalue weighted by Gasteiger charge is -2.17. The van der Waals surface area contributed by atoms with Crippen molar-refractivity contribution in [1.82, 2.24) is 5.32 Å². The quantitative estimate of drug-likeness (QED) is 0.871. The van der Waals surface area contributed by atoms with Crippen LogP contribution >= 0.6 is 0 Å². The molecule has 2 unspecified atom stereocenters. The van der Waals surface area contributed by atoms with E-state index < -0.39 is 12.0 Å². The molecule has 0 aliphatic rings. The maximum absolute atomic E-state index is 13.5. The summed E-state index contributed by atoms with van der Waals surface area (Å²) in [4.78, 5) is 11.8. The molecule has 0 spiro atoms. The normalized spacial score (nSPS) is 13.4. The topological polar surface area (TPSA) is 52.9 Å². The lowest BCUT2D eigenvalue weighted by atomic mass is 10.0. The van der Waals surface area contributed by atoms with E-state index in [1.54, 1.807) is 25.1 Å². The highest BCUT2D eigenvalue weighted by molar-refractivity contribution is 5.81. The molecule has 4 heteroatoms. The molecule has 0 bridgehead atoms. The fraction of sp³-hybridized carbons (Fsp3) is 0.429. The number of amides is 1. The standard InChI is InChI=1S/C14H17FN2O/c1-3-6-11(9-16)14(18)17-10(2)12-7-4-5-8-13(12)15/h4-5,7-8,10-11H,3,6H2,1-2H3,(H,17,18). The molecule has 0 saturated heterocycles. The predicted molar refractivity (Wildman–Crippen MR) is 67.0 cm³/mol. The molecule has 1 N–H and O–H groups in total. The third-order valence-electron chi connectivity index (χ3n) is 2.78. The molecule has 1 aromatic rings. The summed E-state index contributed by atoms with van der Waals surface area (Å²) in [6, 6.07) is 7.83. The second-order valence-corrected chi connectivity index (χ2v) is 4.22. The van der Waals surface area contributed by atoms with E-state index in [4.69, 9.17) is 5.26 Å². The summed E-state index contributed by atoms with van der Waals surface area (Å²) in [7, 11) is 0. The van der Waals surface area contributed by atoms with Crippen molar-refractivity contribution < 1.29 is 9.18 Å². The number of benzene rings is 1. The average Bonchev–Trinajstić information content (AvgIpc) is 2.36. The molecule has 0 aliphatic heterocycles. The monoisotopic (exact) mass is 248 g/mol. The van der Waals surface area contributed by atoms with Gasteiger partial charge in [0.25, 0.3) is 0 Å². The molecule has 2 atom stereocenters. The number of hydrogen-bond donors (Lipinski definition) is 1. The number of nitrogens with zero attached hydrogens (tertiary/aromatic N) is 1. The first-order chi connectivity index (χ1) is 8.60. The average molecular weight is 248 g/mol. The number of halogens is 1. The molecule has 3 nitrogen and oxygen atoms in total. The van der Waals surface area contributed by atoms with E-state index in [0.717, 1.165) is 6.42 Å². The zero-order valence-electron chi connectivity index (χ0n) is 10.6. The summed E-state index contributed by atoms with van der Waals surface area (Å²) < 4.78 is 13.5. The highest BCUT2D eigenvalue weighted by Crippen LogP contribution is 2.17. The molecule has 0 saturated carbocycles. The number of nitrogens with one attached hydrogen (secondary N) is 1. The van der Waals surface area contributed by atoms with Crippen LogP contribution in [-0.4, -0.2) is 5.91 Å². The summed E-state index contributed by atoms with van der Waals surface area (Å²) in [6.45, 7) is 3.62. The maximum atomic E-state index is 13.5. The highest BCUT2D eigenvalue weighted by Gasteiger charge is 2.20. The molecular weight excluding hydrogens is 231 g/mol. The Morgan fingerprint density at radius 2 is 2.17 bits per heavy atom. The molecule has 1 aromatic carbocycles. The van der Waals surface area contributed by atoms with Crippen LogP contribution in [0, 0.1) is 23.1 Å². The predicted octanol–water partition coefficient (Wildman–Crippen LogP) is 2.94. The van der Waals surface area contributed by atoms with Crippen molar-refractivity contribution in [3.05, 3.63) is 35.6 Å². The zero-order chi connectivity index (χ0) is 13.5. The van der Waals surface area contributed by atoms with Gasteiger partial charge in [0, 0.05) is 5.56 Å². The first kappa shape index (κ1) is 14.2. The van der Waals surface area contributed by atoms with Gasteiger partial charge in [-0.2, -0.15) is 5.26 Å². The second-order valence-electron chi connectivity index (χ2n) is 4.22. The lowest BCUT2D eigenvalue weighted by molar-refractivity contribution is -0.124. The molecule has 1 rings (SSSR count). The Balaban J connectivity index is 2.71. The van der Waals surface area contributed by atoms with E-state index in [2.05, 4.69) is 5.32 Å². The van der Waals surface area contributed by atoms with E-state index in [-0.39, 0.29) is 11.7 Å². The van der Waals surface area contributed by atoms with E-state index in [1.165, 1.54) is 6.07 Å². The largest absolute Gasteiger partial charge is 0.348 e. The van der Waals surface area contributed by atoms with Gasteiger partial charge in [0.05, 0.1) is 12.1 Å². The van der Waals surface area contributed by atoms with Crippen LogP contribution in [0.1, 0.15) is 38.3 Å². The molecular formula is C14H17FN2O. The molecule has 1 amide bonds. The lowest BCUT2D eigenvalue weighted by Crippen LogP contribution is -2.32. The molecule has 0 aromatic heterocycles. The van der Waals surface area contributed by atoms with Crippen LogP contribution in [0.3, 0.4) is 0 Å². The van der Waals surface area contributed by atoms with Crippen molar-refractivity contribution in [2.45, 2.75) is 32.7 Å². The number of rotatable bonds is 5. The van der Waals surface area contributed by atoms with Gasteiger partial charge in [-0.05, 0) is 19.4 Å². The minimum Gasteiger partial charge on any atom is -0.348 e. The second kappa shape index (κ2) is 6.75. The van der Waals surface area contributed by atoms with Gasteiger partial charge in [0.15, 0.2) is 0 Å². The summed E-state index contributed by atoms with van der Waals surface area (Å²) >= 11 is 0. The van der Waals surface area contributed by atoms with Gasteiger partial charge in [-0.25, -0.2) is 4.39 Å². The summed E-state index contributed by atoms with van der Waals surface area (Å²) in [6.07, 6.45) is 1.28. The SMILES string of the molecule is CCCC(C#N)C(=O)NC(C)c1ccccc1F. The van der Waals surface area contributed by atoms with Crippen molar-refractivity contribution in [2.24, 2.45) is 5.92 Å². The number of nitriles is 1. The Kier molecular flexibility index (Phi) is 5.31. The minimum absolute atomic E-state index is 0.338. The number of hydrogen-bond acceptors (Lipinski definition) is 2. The summed E-state index contributed by atoms with van der Waals surface area (Å²) in [5.41, 5.74) is 0.430. The van der Waals surface area contributed by atoms with Gasteiger partial charge in [-0.15, -0.1) is 0 Å². The van der Waals surface area contributed by atoms with Gasteiger partial charge in [-0.3, -0.25) is 4.79 Å². The molecule has 96 valence electrons. The van der Waals surface area contributed by atoms with Crippen LogP contribution in [-0.2, 0) is 4.79 Å². The van der Waals surface area contributed by atoms with Gasteiger partial charge >= 0.3 is 0 Å². The molecule has 0 heterocycles. The van der Waals surface area contributed by atoms with Gasteiger partial charge in [-0.1, -0.05) is 31.5 Å². The molecule has 0 fully saturated rings. The number of carbonyl (C=O) groups is 1. The third kappa shape index (κ3) is 3.56. The number of carbonyl (C=O) groups excluding carboxylic acids is 1. The Bertz CT molecular complexity index is 453. The first-order valence-electron chi connectivity index (χ1n) is 6.04. The van der Waals surface area contributed by atoms with Crippen molar-refractivity contribution in [2.75, 3.05) is 0 Å². The maximum Gasteiger partial charge on any atom is 0.237 e. The van der Waals surface area contributed by atoms with E-state index in [0.29, 0.717) is 12.0 Å².